The number of piperazine rings is 1. The molecular weight excluding hydrogens is 156 g/mol. The van der Waals surface area contributed by atoms with Crippen molar-refractivity contribution in [3.63, 3.8) is 0 Å². The average molecular weight is 173 g/mol. The van der Waals surface area contributed by atoms with Gasteiger partial charge >= 0.3 is 5.97 Å². The van der Waals surface area contributed by atoms with Gasteiger partial charge in [0, 0.05) is 41.0 Å². The summed E-state index contributed by atoms with van der Waals surface area (Å²) in [5.41, 5.74) is 0. The van der Waals surface area contributed by atoms with E-state index in [-0.39, 0.29) is 6.90 Å². The Morgan fingerprint density at radius 2 is 2.42 bits per heavy atom. The molecule has 0 aromatic carbocycles. The van der Waals surface area contributed by atoms with E-state index in [9.17, 15) is 4.79 Å². The van der Waals surface area contributed by atoms with E-state index >= 15 is 0 Å². The summed E-state index contributed by atoms with van der Waals surface area (Å²) in [5.74, 6) is -0.435. The average Bonchev–Trinajstić information content (AvgIpc) is 2.19. The summed E-state index contributed by atoms with van der Waals surface area (Å²) in [4.78, 5) is 12.9. The Labute approximate surface area is 74.3 Å². The Kier molecular flexibility index (Phi) is 3.41. The standard InChI is InChI=1S/C8H16N2O2/c1-8(11)12-7-6-10-4-2-9-3-5-10/h9H,2-7H2,1H3/i1D. The fraction of sp³-hybridized carbons (Fsp3) is 0.875. The first-order chi connectivity index (χ1) is 6.33. The molecule has 0 unspecified atom stereocenters. The maximum absolute atomic E-state index is 10.6. The highest BCUT2D eigenvalue weighted by molar-refractivity contribution is 5.65. The number of rotatable bonds is 3. The van der Waals surface area contributed by atoms with Crippen LogP contribution in [0.5, 0.6) is 0 Å². The number of hydrogen-bond acceptors (Lipinski definition) is 4. The second kappa shape index (κ2) is 5.11. The summed E-state index contributed by atoms with van der Waals surface area (Å²) in [6.45, 7) is 4.96. The molecule has 1 aliphatic rings. The normalized spacial score (nSPS) is 20.2. The molecule has 0 radical (unpaired) electrons. The fourth-order valence-electron chi connectivity index (χ4n) is 1.22. The number of ether oxygens (including phenoxy) is 1. The van der Waals surface area contributed by atoms with E-state index in [0.717, 1.165) is 32.7 Å². The van der Waals surface area contributed by atoms with Crippen molar-refractivity contribution in [3.8, 4) is 0 Å². The van der Waals surface area contributed by atoms with Gasteiger partial charge in [0.2, 0.25) is 0 Å². The minimum Gasteiger partial charge on any atom is -0.465 e. The highest BCUT2D eigenvalue weighted by Gasteiger charge is 2.08. The maximum Gasteiger partial charge on any atom is 0.302 e. The first-order valence-electron chi connectivity index (χ1n) is 4.91. The van der Waals surface area contributed by atoms with Crippen LogP contribution in [0.25, 0.3) is 0 Å². The molecule has 1 rings (SSSR count). The molecule has 1 fully saturated rings. The molecule has 1 saturated heterocycles. The summed E-state index contributed by atoms with van der Waals surface area (Å²) in [7, 11) is 0. The van der Waals surface area contributed by atoms with Crippen molar-refractivity contribution in [2.75, 3.05) is 39.3 Å². The van der Waals surface area contributed by atoms with E-state index in [1.807, 2.05) is 0 Å². The lowest BCUT2D eigenvalue weighted by atomic mass is 10.4. The summed E-state index contributed by atoms with van der Waals surface area (Å²) >= 11 is 0. The van der Waals surface area contributed by atoms with E-state index < -0.39 is 5.97 Å². The molecule has 12 heavy (non-hydrogen) atoms. The van der Waals surface area contributed by atoms with Gasteiger partial charge in [0.05, 0.1) is 0 Å². The minimum absolute atomic E-state index is 0.276. The van der Waals surface area contributed by atoms with Crippen LogP contribution in [0.3, 0.4) is 0 Å². The van der Waals surface area contributed by atoms with Crippen molar-refractivity contribution in [1.82, 2.24) is 10.2 Å². The van der Waals surface area contributed by atoms with Gasteiger partial charge in [0.25, 0.3) is 0 Å². The van der Waals surface area contributed by atoms with Crippen molar-refractivity contribution < 1.29 is 10.9 Å². The topological polar surface area (TPSA) is 41.6 Å². The molecule has 1 N–H and O–H groups in total. The van der Waals surface area contributed by atoms with Crippen LogP contribution in [0.4, 0.5) is 0 Å². The number of nitrogens with one attached hydrogen (secondary N) is 1. The molecule has 4 nitrogen and oxygen atoms in total. The van der Waals surface area contributed by atoms with Crippen molar-refractivity contribution in [1.29, 1.82) is 0 Å². The molecule has 0 bridgehead atoms. The molecular formula is C8H16N2O2. The first-order valence-corrected chi connectivity index (χ1v) is 4.21. The van der Waals surface area contributed by atoms with Crippen LogP contribution in [0.2, 0.25) is 0 Å². The van der Waals surface area contributed by atoms with Gasteiger partial charge in [0.1, 0.15) is 6.61 Å². The number of carbonyl (C=O) groups excluding carboxylic acids is 1. The van der Waals surface area contributed by atoms with Crippen LogP contribution in [0.15, 0.2) is 0 Å². The van der Waals surface area contributed by atoms with Gasteiger partial charge < -0.3 is 10.1 Å². The number of carbonyl (C=O) groups is 1. The minimum atomic E-state index is -0.435. The summed E-state index contributed by atoms with van der Waals surface area (Å²) in [6, 6.07) is 0. The van der Waals surface area contributed by atoms with Gasteiger partial charge in [-0.05, 0) is 0 Å². The van der Waals surface area contributed by atoms with E-state index in [4.69, 9.17) is 6.11 Å². The Balaban J connectivity index is 2.01. The molecule has 70 valence electrons. The van der Waals surface area contributed by atoms with Gasteiger partial charge in [-0.2, -0.15) is 0 Å². The molecule has 1 aliphatic heterocycles. The number of hydrogen-bond donors (Lipinski definition) is 1. The second-order valence-electron chi connectivity index (χ2n) is 2.81. The Morgan fingerprint density at radius 3 is 3.08 bits per heavy atom. The molecule has 1 heterocycles. The smallest absolute Gasteiger partial charge is 0.302 e. The Hall–Kier alpha value is -0.610. The van der Waals surface area contributed by atoms with E-state index in [1.165, 1.54) is 0 Å². The summed E-state index contributed by atoms with van der Waals surface area (Å²) in [6.07, 6.45) is 0. The largest absolute Gasteiger partial charge is 0.465 e. The van der Waals surface area contributed by atoms with E-state index in [2.05, 4.69) is 10.2 Å². The molecule has 0 amide bonds. The molecule has 0 aliphatic carbocycles. The van der Waals surface area contributed by atoms with Crippen LogP contribution in [0.1, 0.15) is 8.27 Å². The van der Waals surface area contributed by atoms with Gasteiger partial charge in [-0.1, -0.05) is 0 Å². The molecule has 0 spiro atoms. The van der Waals surface area contributed by atoms with Crippen LogP contribution in [-0.4, -0.2) is 50.2 Å². The zero-order valence-corrected chi connectivity index (χ0v) is 7.21. The highest BCUT2D eigenvalue weighted by Crippen LogP contribution is 1.91. The Morgan fingerprint density at radius 1 is 1.67 bits per heavy atom. The SMILES string of the molecule is [2H]CC(=O)OCCN1CCNCC1. The van der Waals surface area contributed by atoms with Gasteiger partial charge in [-0.25, -0.2) is 0 Å². The first kappa shape index (κ1) is 8.01. The number of esters is 1. The fourth-order valence-corrected chi connectivity index (χ4v) is 1.22. The number of nitrogens with zero attached hydrogens (tertiary/aromatic N) is 1. The van der Waals surface area contributed by atoms with Crippen LogP contribution < -0.4 is 5.32 Å². The van der Waals surface area contributed by atoms with Crippen LogP contribution in [0, 0.1) is 0 Å². The third-order valence-electron chi connectivity index (χ3n) is 1.88. The third kappa shape index (κ3) is 3.69. The lowest BCUT2D eigenvalue weighted by molar-refractivity contribution is -0.141. The van der Waals surface area contributed by atoms with Crippen molar-refractivity contribution in [3.05, 3.63) is 0 Å². The zero-order chi connectivity index (χ0) is 9.52. The monoisotopic (exact) mass is 173 g/mol. The lowest BCUT2D eigenvalue weighted by Crippen LogP contribution is -2.44. The van der Waals surface area contributed by atoms with Crippen molar-refractivity contribution >= 4 is 5.97 Å². The van der Waals surface area contributed by atoms with Crippen LogP contribution >= 0.6 is 0 Å². The molecule has 4 heteroatoms. The second-order valence-corrected chi connectivity index (χ2v) is 2.81. The van der Waals surface area contributed by atoms with Gasteiger partial charge in [-0.15, -0.1) is 0 Å². The highest BCUT2D eigenvalue weighted by atomic mass is 16.5. The predicted molar refractivity (Wildman–Crippen MR) is 45.9 cm³/mol. The predicted octanol–water partition coefficient (Wildman–Crippen LogP) is -0.545. The molecule has 0 atom stereocenters. The zero-order valence-electron chi connectivity index (χ0n) is 8.21. The molecule has 0 aromatic rings. The van der Waals surface area contributed by atoms with Crippen molar-refractivity contribution in [2.45, 2.75) is 6.90 Å². The lowest BCUT2D eigenvalue weighted by Gasteiger charge is -2.26. The summed E-state index contributed by atoms with van der Waals surface area (Å²) in [5, 5.41) is 3.25. The molecule has 0 aromatic heterocycles. The quantitative estimate of drug-likeness (QED) is 0.582. The molecule has 0 saturated carbocycles. The maximum atomic E-state index is 10.6. The van der Waals surface area contributed by atoms with Gasteiger partial charge in [-0.3, -0.25) is 9.69 Å². The van der Waals surface area contributed by atoms with Crippen LogP contribution in [-0.2, 0) is 9.53 Å². The van der Waals surface area contributed by atoms with Gasteiger partial charge in [0.15, 0.2) is 0 Å². The summed E-state index contributed by atoms with van der Waals surface area (Å²) < 4.78 is 11.5. The Bertz CT molecular complexity index is 160. The van der Waals surface area contributed by atoms with Crippen molar-refractivity contribution in [2.24, 2.45) is 0 Å². The van der Waals surface area contributed by atoms with E-state index in [0.29, 0.717) is 6.61 Å². The third-order valence-corrected chi connectivity index (χ3v) is 1.88. The van der Waals surface area contributed by atoms with E-state index in [1.54, 1.807) is 0 Å².